The van der Waals surface area contributed by atoms with Gasteiger partial charge in [-0.15, -0.1) is 0 Å². The topological polar surface area (TPSA) is 161 Å². The van der Waals surface area contributed by atoms with E-state index in [1.54, 1.807) is 12.1 Å². The van der Waals surface area contributed by atoms with Gasteiger partial charge in [-0.1, -0.05) is 16.9 Å². The third-order valence-corrected chi connectivity index (χ3v) is 6.02. The molecule has 2 aliphatic rings. The van der Waals surface area contributed by atoms with Crippen LogP contribution in [0.5, 0.6) is 0 Å². The molecular formula is C19H20N6O7S. The van der Waals surface area contributed by atoms with Crippen LogP contribution >= 0.6 is 11.8 Å². The summed E-state index contributed by atoms with van der Waals surface area (Å²) in [6, 6.07) is 5.84. The summed E-state index contributed by atoms with van der Waals surface area (Å²) in [5.41, 5.74) is 0.544. The number of rotatable bonds is 8. The monoisotopic (exact) mass is 476 g/mol. The smallest absolute Gasteiger partial charge is 0.269 e. The molecule has 5 rings (SSSR count). The molecule has 14 heteroatoms. The Labute approximate surface area is 191 Å². The van der Waals surface area contributed by atoms with Crippen LogP contribution in [-0.4, -0.2) is 66.4 Å². The van der Waals surface area contributed by atoms with Gasteiger partial charge >= 0.3 is 0 Å². The van der Waals surface area contributed by atoms with Crippen molar-refractivity contribution in [1.29, 1.82) is 0 Å². The molecule has 0 spiro atoms. The fraction of sp³-hybridized carbons (Fsp3) is 0.474. The molecule has 2 saturated heterocycles. The lowest BCUT2D eigenvalue weighted by atomic mass is 10.1. The van der Waals surface area contributed by atoms with E-state index in [4.69, 9.17) is 23.5 Å². The predicted molar refractivity (Wildman–Crippen MR) is 111 cm³/mol. The number of hydrogen-bond donors (Lipinski definition) is 1. The quantitative estimate of drug-likeness (QED) is 0.287. The highest BCUT2D eigenvalue weighted by Gasteiger charge is 2.55. The molecule has 2 aliphatic heterocycles. The van der Waals surface area contributed by atoms with Gasteiger partial charge < -0.3 is 23.5 Å². The van der Waals surface area contributed by atoms with E-state index >= 15 is 0 Å². The molecule has 0 amide bonds. The molecule has 0 radical (unpaired) electrons. The Balaban J connectivity index is 1.22. The minimum Gasteiger partial charge on any atom is -0.343 e. The zero-order chi connectivity index (χ0) is 23.0. The van der Waals surface area contributed by atoms with Gasteiger partial charge in [0.1, 0.15) is 25.1 Å². The number of H-pyrrole nitrogens is 1. The number of aromatic nitrogens is 5. The fourth-order valence-corrected chi connectivity index (χ4v) is 4.48. The SMILES string of the molecule is CC1(C)O[C@H]2[C@H](OCc3noc(-c4ccc([N+](=O)[O-])cc4)n3)O[C@H](CSc3ncn[nH]3)[C@H]2O1. The molecule has 0 aliphatic carbocycles. The summed E-state index contributed by atoms with van der Waals surface area (Å²) in [5.74, 6) is 0.352. The van der Waals surface area contributed by atoms with Gasteiger partial charge in [-0.25, -0.2) is 4.98 Å². The Morgan fingerprint density at radius 2 is 2.03 bits per heavy atom. The van der Waals surface area contributed by atoms with Crippen molar-refractivity contribution < 1.29 is 28.4 Å². The van der Waals surface area contributed by atoms with E-state index in [0.29, 0.717) is 22.3 Å². The fourth-order valence-electron chi connectivity index (χ4n) is 3.65. The van der Waals surface area contributed by atoms with E-state index in [-0.39, 0.29) is 30.4 Å². The van der Waals surface area contributed by atoms with E-state index in [2.05, 4.69) is 25.3 Å². The molecule has 2 fully saturated rings. The molecule has 0 bridgehead atoms. The van der Waals surface area contributed by atoms with Crippen molar-refractivity contribution >= 4 is 17.4 Å². The van der Waals surface area contributed by atoms with E-state index in [1.165, 1.54) is 30.2 Å². The standard InChI is InChI=1S/C19H20N6O7S/c1-19(2)30-14-12(8-33-18-20-9-21-23-18)29-17(15(14)31-19)28-7-13-22-16(32-24-13)10-3-5-11(6-4-10)25(26)27/h3-6,9,12,14-15,17H,7-8H2,1-2H3,(H,20,21,23)/t12-,14-,15-,17-/m1/s1. The number of fused-ring (bicyclic) bond motifs is 1. The molecule has 0 saturated carbocycles. The predicted octanol–water partition coefficient (Wildman–Crippen LogP) is 2.32. The minimum absolute atomic E-state index is 0.0208. The lowest BCUT2D eigenvalue weighted by molar-refractivity contribution is -0.384. The van der Waals surface area contributed by atoms with Crippen LogP contribution in [0.15, 0.2) is 40.3 Å². The Kier molecular flexibility index (Phi) is 5.84. The number of non-ortho nitro benzene ring substituents is 1. The second-order valence-corrected chi connectivity index (χ2v) is 8.85. The van der Waals surface area contributed by atoms with Crippen LogP contribution in [0.2, 0.25) is 0 Å². The molecule has 174 valence electrons. The van der Waals surface area contributed by atoms with Crippen molar-refractivity contribution in [2.45, 2.75) is 56.0 Å². The van der Waals surface area contributed by atoms with Crippen molar-refractivity contribution in [3.63, 3.8) is 0 Å². The first-order valence-corrected chi connectivity index (χ1v) is 11.0. The third kappa shape index (κ3) is 4.74. The van der Waals surface area contributed by atoms with Gasteiger partial charge in [-0.05, 0) is 26.0 Å². The second kappa shape index (κ2) is 8.79. The van der Waals surface area contributed by atoms with E-state index in [0.717, 1.165) is 0 Å². The van der Waals surface area contributed by atoms with Gasteiger partial charge in [0, 0.05) is 23.4 Å². The number of nitro benzene ring substituents is 1. The normalized spacial score (nSPS) is 25.9. The van der Waals surface area contributed by atoms with Crippen molar-refractivity contribution in [1.82, 2.24) is 25.3 Å². The molecule has 4 heterocycles. The molecule has 1 N–H and O–H groups in total. The first-order valence-electron chi connectivity index (χ1n) is 10.1. The highest BCUT2D eigenvalue weighted by Crippen LogP contribution is 2.40. The van der Waals surface area contributed by atoms with Gasteiger partial charge in [-0.2, -0.15) is 10.1 Å². The Morgan fingerprint density at radius 3 is 2.76 bits per heavy atom. The van der Waals surface area contributed by atoms with Gasteiger partial charge in [0.15, 0.2) is 23.1 Å². The van der Waals surface area contributed by atoms with Gasteiger partial charge in [0.05, 0.1) is 11.0 Å². The molecule has 4 atom stereocenters. The van der Waals surface area contributed by atoms with Gasteiger partial charge in [0.2, 0.25) is 0 Å². The summed E-state index contributed by atoms with van der Waals surface area (Å²) in [6.07, 6.45) is -0.236. The van der Waals surface area contributed by atoms with Crippen LogP contribution in [0.4, 0.5) is 5.69 Å². The van der Waals surface area contributed by atoms with Crippen molar-refractivity contribution in [3.8, 4) is 11.5 Å². The number of benzene rings is 1. The van der Waals surface area contributed by atoms with Crippen LogP contribution in [-0.2, 0) is 25.6 Å². The first kappa shape index (κ1) is 21.9. The third-order valence-electron chi connectivity index (χ3n) is 5.05. The molecular weight excluding hydrogens is 456 g/mol. The Bertz CT molecular complexity index is 1110. The summed E-state index contributed by atoms with van der Waals surface area (Å²) in [5, 5.41) is 22.0. The number of thioether (sulfide) groups is 1. The lowest BCUT2D eigenvalue weighted by Crippen LogP contribution is -2.31. The maximum Gasteiger partial charge on any atom is 0.269 e. The number of nitrogens with one attached hydrogen (secondary N) is 1. The molecule has 33 heavy (non-hydrogen) atoms. The average molecular weight is 476 g/mol. The molecule has 1 aromatic carbocycles. The van der Waals surface area contributed by atoms with Gasteiger partial charge in [0.25, 0.3) is 11.6 Å². The van der Waals surface area contributed by atoms with Gasteiger partial charge in [-0.3, -0.25) is 15.2 Å². The second-order valence-electron chi connectivity index (χ2n) is 7.84. The van der Waals surface area contributed by atoms with Crippen LogP contribution in [0, 0.1) is 10.1 Å². The van der Waals surface area contributed by atoms with Crippen molar-refractivity contribution in [3.05, 3.63) is 46.5 Å². The Hall–Kier alpha value is -2.91. The van der Waals surface area contributed by atoms with Crippen molar-refractivity contribution in [2.24, 2.45) is 0 Å². The maximum absolute atomic E-state index is 10.8. The maximum atomic E-state index is 10.8. The molecule has 3 aromatic rings. The van der Waals surface area contributed by atoms with E-state index < -0.39 is 23.1 Å². The first-order chi connectivity index (χ1) is 15.9. The minimum atomic E-state index is -0.759. The highest BCUT2D eigenvalue weighted by molar-refractivity contribution is 7.99. The van der Waals surface area contributed by atoms with E-state index in [1.807, 2.05) is 13.8 Å². The molecule has 13 nitrogen and oxygen atoms in total. The largest absolute Gasteiger partial charge is 0.343 e. The number of hydrogen-bond acceptors (Lipinski definition) is 12. The molecule has 0 unspecified atom stereocenters. The summed E-state index contributed by atoms with van der Waals surface area (Å²) in [6.45, 7) is 3.72. The van der Waals surface area contributed by atoms with Crippen LogP contribution in [0.3, 0.4) is 0 Å². The summed E-state index contributed by atoms with van der Waals surface area (Å²) >= 11 is 1.47. The lowest BCUT2D eigenvalue weighted by Gasteiger charge is -2.23. The van der Waals surface area contributed by atoms with Crippen molar-refractivity contribution in [2.75, 3.05) is 5.75 Å². The summed E-state index contributed by atoms with van der Waals surface area (Å²) in [7, 11) is 0. The zero-order valence-electron chi connectivity index (χ0n) is 17.6. The molecule has 2 aromatic heterocycles. The van der Waals surface area contributed by atoms with Crippen LogP contribution in [0.25, 0.3) is 11.5 Å². The summed E-state index contributed by atoms with van der Waals surface area (Å²) < 4.78 is 29.3. The number of nitro groups is 1. The summed E-state index contributed by atoms with van der Waals surface area (Å²) in [4.78, 5) is 18.7. The average Bonchev–Trinajstić information content (AvgIpc) is 3.56. The Morgan fingerprint density at radius 1 is 1.24 bits per heavy atom. The number of nitrogens with zero attached hydrogens (tertiary/aromatic N) is 5. The highest BCUT2D eigenvalue weighted by atomic mass is 32.2. The zero-order valence-corrected chi connectivity index (χ0v) is 18.4. The number of ether oxygens (including phenoxy) is 4. The van der Waals surface area contributed by atoms with Crippen LogP contribution in [0.1, 0.15) is 19.7 Å². The number of aromatic amines is 1. The van der Waals surface area contributed by atoms with Crippen LogP contribution < -0.4 is 0 Å². The van der Waals surface area contributed by atoms with E-state index in [9.17, 15) is 10.1 Å².